The molecule has 1 aromatic carbocycles. The molecule has 32 heavy (non-hydrogen) atoms. The SMILES string of the molecule is O=C(O)CC1=CCCCC1n1nc(-c2c(-c3ccccc3)nn3ccccc23)ccc1=O. The molecular formula is C25H22N4O3. The van der Waals surface area contributed by atoms with E-state index < -0.39 is 5.97 Å². The Labute approximate surface area is 184 Å². The smallest absolute Gasteiger partial charge is 0.307 e. The summed E-state index contributed by atoms with van der Waals surface area (Å²) in [6, 6.07) is 18.6. The summed E-state index contributed by atoms with van der Waals surface area (Å²) in [6.45, 7) is 0. The number of aliphatic carboxylic acids is 1. The molecule has 7 heteroatoms. The average molecular weight is 426 g/mol. The highest BCUT2D eigenvalue weighted by Gasteiger charge is 2.25. The van der Waals surface area contributed by atoms with E-state index >= 15 is 0 Å². The zero-order valence-corrected chi connectivity index (χ0v) is 17.4. The van der Waals surface area contributed by atoms with Gasteiger partial charge in [0.1, 0.15) is 5.69 Å². The second-order valence-electron chi connectivity index (χ2n) is 7.92. The minimum absolute atomic E-state index is 0.0883. The van der Waals surface area contributed by atoms with E-state index in [4.69, 9.17) is 10.2 Å². The zero-order chi connectivity index (χ0) is 22.1. The lowest BCUT2D eigenvalue weighted by Gasteiger charge is -2.24. The van der Waals surface area contributed by atoms with Crippen molar-refractivity contribution in [1.29, 1.82) is 0 Å². The minimum atomic E-state index is -0.902. The molecular weight excluding hydrogens is 404 g/mol. The molecule has 0 bridgehead atoms. The fourth-order valence-electron chi connectivity index (χ4n) is 4.40. The highest BCUT2D eigenvalue weighted by molar-refractivity contribution is 5.90. The van der Waals surface area contributed by atoms with Gasteiger partial charge in [-0.2, -0.15) is 10.2 Å². The molecule has 0 amide bonds. The van der Waals surface area contributed by atoms with Crippen molar-refractivity contribution >= 4 is 11.5 Å². The third-order valence-electron chi connectivity index (χ3n) is 5.84. The van der Waals surface area contributed by atoms with Crippen LogP contribution >= 0.6 is 0 Å². The Bertz CT molecular complexity index is 1390. The molecule has 0 aliphatic heterocycles. The maximum Gasteiger partial charge on any atom is 0.307 e. The summed E-state index contributed by atoms with van der Waals surface area (Å²) >= 11 is 0. The van der Waals surface area contributed by atoms with Crippen molar-refractivity contribution in [3.8, 4) is 22.5 Å². The Morgan fingerprint density at radius 2 is 1.84 bits per heavy atom. The second-order valence-corrected chi connectivity index (χ2v) is 7.92. The highest BCUT2D eigenvalue weighted by Crippen LogP contribution is 2.35. The monoisotopic (exact) mass is 426 g/mol. The third kappa shape index (κ3) is 3.62. The number of pyridine rings is 1. The first-order valence-corrected chi connectivity index (χ1v) is 10.7. The van der Waals surface area contributed by atoms with Crippen LogP contribution in [0.3, 0.4) is 0 Å². The Morgan fingerprint density at radius 1 is 1.03 bits per heavy atom. The molecule has 160 valence electrons. The van der Waals surface area contributed by atoms with Crippen LogP contribution in [0.1, 0.15) is 31.7 Å². The second kappa shape index (κ2) is 8.26. The summed E-state index contributed by atoms with van der Waals surface area (Å²) in [4.78, 5) is 24.2. The van der Waals surface area contributed by atoms with Gasteiger partial charge in [-0.15, -0.1) is 0 Å². The lowest BCUT2D eigenvalue weighted by atomic mass is 9.92. The molecule has 5 rings (SSSR count). The van der Waals surface area contributed by atoms with E-state index in [-0.39, 0.29) is 18.0 Å². The van der Waals surface area contributed by atoms with Crippen LogP contribution in [0.25, 0.3) is 28.0 Å². The van der Waals surface area contributed by atoms with Crippen molar-refractivity contribution in [1.82, 2.24) is 19.4 Å². The van der Waals surface area contributed by atoms with Crippen LogP contribution in [-0.2, 0) is 4.79 Å². The van der Waals surface area contributed by atoms with Crippen molar-refractivity contribution in [3.63, 3.8) is 0 Å². The fraction of sp³-hybridized carbons (Fsp3) is 0.200. The molecule has 1 N–H and O–H groups in total. The summed E-state index contributed by atoms with van der Waals surface area (Å²) in [5.41, 5.74) is 4.58. The van der Waals surface area contributed by atoms with Gasteiger partial charge in [-0.05, 0) is 43.0 Å². The molecule has 1 aliphatic carbocycles. The van der Waals surface area contributed by atoms with Gasteiger partial charge >= 0.3 is 5.97 Å². The number of carboxylic acids is 1. The van der Waals surface area contributed by atoms with E-state index in [1.165, 1.54) is 10.7 Å². The Morgan fingerprint density at radius 3 is 2.66 bits per heavy atom. The Hall–Kier alpha value is -4.00. The van der Waals surface area contributed by atoms with Crippen molar-refractivity contribution in [2.45, 2.75) is 31.7 Å². The van der Waals surface area contributed by atoms with Crippen LogP contribution in [0, 0.1) is 0 Å². The molecule has 0 saturated heterocycles. The zero-order valence-electron chi connectivity index (χ0n) is 17.4. The van der Waals surface area contributed by atoms with Crippen LogP contribution < -0.4 is 5.56 Å². The lowest BCUT2D eigenvalue weighted by Crippen LogP contribution is -2.30. The van der Waals surface area contributed by atoms with E-state index in [0.717, 1.165) is 40.8 Å². The first-order valence-electron chi connectivity index (χ1n) is 10.7. The van der Waals surface area contributed by atoms with Crippen LogP contribution in [0.2, 0.25) is 0 Å². The van der Waals surface area contributed by atoms with Gasteiger partial charge in [0.05, 0.1) is 29.2 Å². The summed E-state index contributed by atoms with van der Waals surface area (Å²) in [7, 11) is 0. The number of aromatic nitrogens is 4. The van der Waals surface area contributed by atoms with Crippen LogP contribution in [0.15, 0.2) is 83.3 Å². The number of hydrogen-bond donors (Lipinski definition) is 1. The van der Waals surface area contributed by atoms with Gasteiger partial charge in [0.2, 0.25) is 0 Å². The van der Waals surface area contributed by atoms with Gasteiger partial charge in [0.15, 0.2) is 0 Å². The number of allylic oxidation sites excluding steroid dienone is 1. The van der Waals surface area contributed by atoms with Crippen molar-refractivity contribution in [3.05, 3.63) is 88.9 Å². The quantitative estimate of drug-likeness (QED) is 0.479. The predicted molar refractivity (Wildman–Crippen MR) is 121 cm³/mol. The Kier molecular flexibility index (Phi) is 5.15. The van der Waals surface area contributed by atoms with Crippen LogP contribution in [-0.4, -0.2) is 30.5 Å². The predicted octanol–water partition coefficient (Wildman–Crippen LogP) is 4.35. The van der Waals surface area contributed by atoms with Gasteiger partial charge in [0, 0.05) is 17.8 Å². The summed E-state index contributed by atoms with van der Waals surface area (Å²) in [5.74, 6) is -0.902. The molecule has 1 unspecified atom stereocenters. The number of carbonyl (C=O) groups is 1. The molecule has 1 aliphatic rings. The van der Waals surface area contributed by atoms with E-state index in [1.807, 2.05) is 65.3 Å². The normalized spacial score (nSPS) is 16.1. The number of hydrogen-bond acceptors (Lipinski definition) is 4. The third-order valence-corrected chi connectivity index (χ3v) is 5.84. The molecule has 3 heterocycles. The molecule has 3 aromatic heterocycles. The largest absolute Gasteiger partial charge is 0.481 e. The lowest BCUT2D eigenvalue weighted by molar-refractivity contribution is -0.136. The Balaban J connectivity index is 1.69. The van der Waals surface area contributed by atoms with Gasteiger partial charge in [-0.3, -0.25) is 9.59 Å². The molecule has 0 radical (unpaired) electrons. The standard InChI is InChI=1S/C25H22N4O3/c30-22-14-13-19(26-29(22)20-11-5-4-10-18(20)16-23(31)32)24-21-12-6-7-15-28(21)27-25(24)17-8-2-1-3-9-17/h1-3,6-10,12-15,20H,4-5,11,16H2,(H,31,32). The summed E-state index contributed by atoms with van der Waals surface area (Å²) in [5, 5.41) is 18.9. The minimum Gasteiger partial charge on any atom is -0.481 e. The topological polar surface area (TPSA) is 89.5 Å². The van der Waals surface area contributed by atoms with Gasteiger partial charge in [-0.25, -0.2) is 9.20 Å². The number of fused-ring (bicyclic) bond motifs is 1. The number of nitrogens with zero attached hydrogens (tertiary/aromatic N) is 4. The van der Waals surface area contributed by atoms with Crippen LogP contribution in [0.4, 0.5) is 0 Å². The molecule has 0 spiro atoms. The van der Waals surface area contributed by atoms with E-state index in [1.54, 1.807) is 6.07 Å². The van der Waals surface area contributed by atoms with Gasteiger partial charge < -0.3 is 5.11 Å². The fourth-order valence-corrected chi connectivity index (χ4v) is 4.40. The summed E-state index contributed by atoms with van der Waals surface area (Å²) in [6.07, 6.45) is 6.13. The maximum absolute atomic E-state index is 12.8. The van der Waals surface area contributed by atoms with Crippen molar-refractivity contribution < 1.29 is 9.90 Å². The number of carboxylic acid groups (broad SMARTS) is 1. The summed E-state index contributed by atoms with van der Waals surface area (Å²) < 4.78 is 3.26. The number of benzene rings is 1. The average Bonchev–Trinajstić information content (AvgIpc) is 3.20. The van der Waals surface area contributed by atoms with Gasteiger partial charge in [0.25, 0.3) is 5.56 Å². The molecule has 4 aromatic rings. The number of rotatable bonds is 5. The van der Waals surface area contributed by atoms with E-state index in [2.05, 4.69) is 0 Å². The maximum atomic E-state index is 12.8. The van der Waals surface area contributed by atoms with Gasteiger partial charge in [-0.1, -0.05) is 42.5 Å². The first kappa shape index (κ1) is 19.9. The van der Waals surface area contributed by atoms with Crippen LogP contribution in [0.5, 0.6) is 0 Å². The van der Waals surface area contributed by atoms with Crippen molar-refractivity contribution in [2.24, 2.45) is 0 Å². The molecule has 0 saturated carbocycles. The first-order chi connectivity index (χ1) is 15.6. The molecule has 1 atom stereocenters. The van der Waals surface area contributed by atoms with Crippen molar-refractivity contribution in [2.75, 3.05) is 0 Å². The molecule has 0 fully saturated rings. The van der Waals surface area contributed by atoms with E-state index in [9.17, 15) is 14.7 Å². The molecule has 7 nitrogen and oxygen atoms in total. The highest BCUT2D eigenvalue weighted by atomic mass is 16.4. The van der Waals surface area contributed by atoms with E-state index in [0.29, 0.717) is 12.1 Å².